The first-order valence-corrected chi connectivity index (χ1v) is 11.7. The number of carbonyl (C=O) groups excluding carboxylic acids is 2. The zero-order chi connectivity index (χ0) is 24.7. The normalized spacial score (nSPS) is 18.4. The smallest absolute Gasteiger partial charge is 0.261 e. The van der Waals surface area contributed by atoms with E-state index in [4.69, 9.17) is 4.74 Å². The van der Waals surface area contributed by atoms with Crippen LogP contribution < -0.4 is 15.4 Å². The van der Waals surface area contributed by atoms with Gasteiger partial charge in [-0.2, -0.15) is 5.10 Å². The van der Waals surface area contributed by atoms with Gasteiger partial charge in [-0.15, -0.1) is 0 Å². The summed E-state index contributed by atoms with van der Waals surface area (Å²) in [6.07, 6.45) is 2.58. The first kappa shape index (κ1) is 22.8. The number of Topliss-reactive ketones (excluding diaryl/α,β-unsaturated/α-hetero) is 1. The molecule has 0 fully saturated rings. The number of nitrogens with one attached hydrogen (secondary N) is 2. The third-order valence-electron chi connectivity index (χ3n) is 6.36. The zero-order valence-corrected chi connectivity index (χ0v) is 19.9. The van der Waals surface area contributed by atoms with Crippen molar-refractivity contribution in [2.45, 2.75) is 39.7 Å². The number of anilines is 2. The zero-order valence-electron chi connectivity index (χ0n) is 19.9. The summed E-state index contributed by atoms with van der Waals surface area (Å²) in [5.41, 5.74) is 2.84. The molecule has 1 aliphatic heterocycles. The number of allylic oxidation sites excluding steroid dienone is 2. The predicted octanol–water partition coefficient (Wildman–Crippen LogP) is 5.33. The SMILES string of the molecule is CCOc1ccccc1[C@H]1C2=C(CC(C)(C)CC2=O)Nc2c(C(=O)Nc3ccc(F)cc3)cnn21. The van der Waals surface area contributed by atoms with Crippen LogP contribution in [0.1, 0.15) is 55.6 Å². The van der Waals surface area contributed by atoms with Crippen molar-refractivity contribution in [1.82, 2.24) is 9.78 Å². The maximum Gasteiger partial charge on any atom is 0.261 e. The van der Waals surface area contributed by atoms with Crippen molar-refractivity contribution in [2.75, 3.05) is 17.2 Å². The topological polar surface area (TPSA) is 85.2 Å². The lowest BCUT2D eigenvalue weighted by Crippen LogP contribution is -2.37. The van der Waals surface area contributed by atoms with Crippen molar-refractivity contribution in [2.24, 2.45) is 5.41 Å². The Bertz CT molecular complexity index is 1340. The van der Waals surface area contributed by atoms with Gasteiger partial charge in [-0.1, -0.05) is 32.0 Å². The first-order chi connectivity index (χ1) is 16.8. The third-order valence-corrected chi connectivity index (χ3v) is 6.36. The largest absolute Gasteiger partial charge is 0.494 e. The molecule has 2 N–H and O–H groups in total. The van der Waals surface area contributed by atoms with Gasteiger partial charge in [0.25, 0.3) is 5.91 Å². The number of hydrogen-bond acceptors (Lipinski definition) is 5. The summed E-state index contributed by atoms with van der Waals surface area (Å²) in [6, 6.07) is 12.7. The molecule has 8 heteroatoms. The maximum atomic E-state index is 13.4. The number of amides is 1. The van der Waals surface area contributed by atoms with E-state index in [2.05, 4.69) is 29.6 Å². The van der Waals surface area contributed by atoms with Crippen LogP contribution in [0.3, 0.4) is 0 Å². The minimum Gasteiger partial charge on any atom is -0.494 e. The lowest BCUT2D eigenvalue weighted by molar-refractivity contribution is -0.118. The number of halogens is 1. The number of nitrogens with zero attached hydrogens (tertiary/aromatic N) is 2. The Morgan fingerprint density at radius 2 is 1.94 bits per heavy atom. The molecule has 0 saturated heterocycles. The van der Waals surface area contributed by atoms with E-state index in [1.165, 1.54) is 30.5 Å². The number of aromatic nitrogens is 2. The van der Waals surface area contributed by atoms with E-state index in [0.717, 1.165) is 11.3 Å². The molecular weight excluding hydrogens is 447 g/mol. The highest BCUT2D eigenvalue weighted by atomic mass is 19.1. The molecule has 180 valence electrons. The van der Waals surface area contributed by atoms with Crippen LogP contribution in [0.2, 0.25) is 0 Å². The van der Waals surface area contributed by atoms with Crippen molar-refractivity contribution in [3.8, 4) is 5.75 Å². The van der Waals surface area contributed by atoms with Gasteiger partial charge in [0.05, 0.1) is 12.8 Å². The molecule has 5 rings (SSSR count). The highest BCUT2D eigenvalue weighted by Gasteiger charge is 2.43. The van der Waals surface area contributed by atoms with Crippen LogP contribution in [-0.4, -0.2) is 28.1 Å². The standard InChI is InChI=1S/C27H27FN4O3/c1-4-35-22-8-6-5-7-18(22)24-23-20(13-27(2,3)14-21(23)33)31-25-19(15-29-32(24)25)26(34)30-17-11-9-16(28)10-12-17/h5-12,15,24,31H,4,13-14H2,1-3H3,(H,30,34)/t24-/m0/s1. The van der Waals surface area contributed by atoms with Gasteiger partial charge >= 0.3 is 0 Å². The molecule has 0 unspecified atom stereocenters. The van der Waals surface area contributed by atoms with E-state index in [1.54, 1.807) is 4.68 Å². The van der Waals surface area contributed by atoms with E-state index < -0.39 is 6.04 Å². The summed E-state index contributed by atoms with van der Waals surface area (Å²) in [6.45, 7) is 6.52. The fourth-order valence-electron chi connectivity index (χ4n) is 4.89. The molecule has 0 radical (unpaired) electrons. The van der Waals surface area contributed by atoms with Crippen LogP contribution >= 0.6 is 0 Å². The van der Waals surface area contributed by atoms with Gasteiger partial charge in [-0.05, 0) is 49.1 Å². The van der Waals surface area contributed by atoms with Crippen LogP contribution in [0, 0.1) is 11.2 Å². The molecule has 2 aliphatic rings. The molecule has 1 aromatic heterocycles. The molecular formula is C27H27FN4O3. The van der Waals surface area contributed by atoms with Crippen LogP contribution in [0.15, 0.2) is 66.0 Å². The second-order valence-electron chi connectivity index (χ2n) is 9.64. The Morgan fingerprint density at radius 3 is 2.69 bits per heavy atom. The summed E-state index contributed by atoms with van der Waals surface area (Å²) in [5, 5.41) is 10.7. The van der Waals surface area contributed by atoms with Gasteiger partial charge in [-0.25, -0.2) is 9.07 Å². The molecule has 1 amide bonds. The number of ketones is 1. The van der Waals surface area contributed by atoms with E-state index in [0.29, 0.717) is 47.8 Å². The van der Waals surface area contributed by atoms with Crippen molar-refractivity contribution in [3.05, 3.63) is 82.9 Å². The summed E-state index contributed by atoms with van der Waals surface area (Å²) >= 11 is 0. The van der Waals surface area contributed by atoms with Gasteiger partial charge in [0.15, 0.2) is 5.78 Å². The highest BCUT2D eigenvalue weighted by Crippen LogP contribution is 2.47. The van der Waals surface area contributed by atoms with Gasteiger partial charge in [0.1, 0.15) is 29.0 Å². The summed E-state index contributed by atoms with van der Waals surface area (Å²) in [5.74, 6) is 0.467. The van der Waals surface area contributed by atoms with Gasteiger partial charge in [-0.3, -0.25) is 9.59 Å². The molecule has 1 aliphatic carbocycles. The Kier molecular flexibility index (Phi) is 5.67. The van der Waals surface area contributed by atoms with Crippen molar-refractivity contribution < 1.29 is 18.7 Å². The summed E-state index contributed by atoms with van der Waals surface area (Å²) in [4.78, 5) is 26.6. The molecule has 35 heavy (non-hydrogen) atoms. The summed E-state index contributed by atoms with van der Waals surface area (Å²) in [7, 11) is 0. The number of fused-ring (bicyclic) bond motifs is 1. The molecule has 0 bridgehead atoms. The lowest BCUT2D eigenvalue weighted by atomic mass is 9.73. The van der Waals surface area contributed by atoms with Gasteiger partial charge < -0.3 is 15.4 Å². The lowest BCUT2D eigenvalue weighted by Gasteiger charge is -2.39. The predicted molar refractivity (Wildman–Crippen MR) is 131 cm³/mol. The van der Waals surface area contributed by atoms with Crippen LogP contribution in [0.4, 0.5) is 15.9 Å². The number of rotatable bonds is 5. The Hall–Kier alpha value is -3.94. The number of carbonyl (C=O) groups is 2. The van der Waals surface area contributed by atoms with Crippen molar-refractivity contribution in [3.63, 3.8) is 0 Å². The Labute approximate surface area is 203 Å². The second-order valence-corrected chi connectivity index (χ2v) is 9.64. The summed E-state index contributed by atoms with van der Waals surface area (Å²) < 4.78 is 20.9. The first-order valence-electron chi connectivity index (χ1n) is 11.7. The van der Waals surface area contributed by atoms with Crippen LogP contribution in [0.25, 0.3) is 0 Å². The van der Waals surface area contributed by atoms with Crippen LogP contribution in [-0.2, 0) is 4.79 Å². The van der Waals surface area contributed by atoms with E-state index in [9.17, 15) is 14.0 Å². The van der Waals surface area contributed by atoms with Gasteiger partial charge in [0, 0.05) is 28.9 Å². The Morgan fingerprint density at radius 1 is 1.20 bits per heavy atom. The van der Waals surface area contributed by atoms with Crippen molar-refractivity contribution in [1.29, 1.82) is 0 Å². The molecule has 7 nitrogen and oxygen atoms in total. The molecule has 1 atom stereocenters. The Balaban J connectivity index is 1.61. The van der Waals surface area contributed by atoms with E-state index >= 15 is 0 Å². The fraction of sp³-hybridized carbons (Fsp3) is 0.296. The van der Waals surface area contributed by atoms with Crippen molar-refractivity contribution >= 4 is 23.2 Å². The van der Waals surface area contributed by atoms with Gasteiger partial charge in [0.2, 0.25) is 0 Å². The average Bonchev–Trinajstić information content (AvgIpc) is 3.23. The van der Waals surface area contributed by atoms with E-state index in [1.807, 2.05) is 31.2 Å². The fourth-order valence-corrected chi connectivity index (χ4v) is 4.89. The number of hydrogen-bond donors (Lipinski definition) is 2. The third kappa shape index (κ3) is 4.20. The minimum absolute atomic E-state index is 0.0542. The van der Waals surface area contributed by atoms with E-state index in [-0.39, 0.29) is 22.9 Å². The number of para-hydroxylation sites is 1. The minimum atomic E-state index is -0.528. The molecule has 2 aromatic carbocycles. The number of benzene rings is 2. The average molecular weight is 475 g/mol. The molecule has 0 spiro atoms. The number of ether oxygens (including phenoxy) is 1. The molecule has 0 saturated carbocycles. The molecule has 3 aromatic rings. The quantitative estimate of drug-likeness (QED) is 0.522. The maximum absolute atomic E-state index is 13.4. The molecule has 2 heterocycles. The highest BCUT2D eigenvalue weighted by molar-refractivity contribution is 6.08. The monoisotopic (exact) mass is 474 g/mol. The van der Waals surface area contributed by atoms with Crippen LogP contribution in [0.5, 0.6) is 5.75 Å². The second kappa shape index (κ2) is 8.69.